The number of hydrogen-bond donors (Lipinski definition) is 1. The van der Waals surface area contributed by atoms with Crippen LogP contribution in [0.4, 0.5) is 0 Å². The first-order valence-corrected chi connectivity index (χ1v) is 8.21. The zero-order valence-electron chi connectivity index (χ0n) is 13.6. The molecule has 3 aromatic rings. The van der Waals surface area contributed by atoms with E-state index in [2.05, 4.69) is 19.9 Å². The van der Waals surface area contributed by atoms with Gasteiger partial charge in [0.2, 0.25) is 0 Å². The highest BCUT2D eigenvalue weighted by atomic mass is 16.1. The number of aromatic nitrogens is 4. The first-order valence-electron chi connectivity index (χ1n) is 8.21. The molecule has 0 spiro atoms. The minimum atomic E-state index is -0.0684. The summed E-state index contributed by atoms with van der Waals surface area (Å²) in [7, 11) is 0. The van der Waals surface area contributed by atoms with Gasteiger partial charge in [-0.1, -0.05) is 12.1 Å². The highest BCUT2D eigenvalue weighted by Crippen LogP contribution is 2.31. The number of H-pyrrole nitrogens is 1. The third kappa shape index (κ3) is 2.80. The predicted molar refractivity (Wildman–Crippen MR) is 91.5 cm³/mol. The van der Waals surface area contributed by atoms with Gasteiger partial charge in [-0.3, -0.25) is 9.69 Å². The van der Waals surface area contributed by atoms with Crippen LogP contribution in [0.25, 0.3) is 10.9 Å². The molecular formula is C18H19N5O. The van der Waals surface area contributed by atoms with Crippen molar-refractivity contribution in [3.05, 3.63) is 64.2 Å². The molecule has 1 fully saturated rings. The lowest BCUT2D eigenvalue weighted by atomic mass is 10.1. The van der Waals surface area contributed by atoms with E-state index in [4.69, 9.17) is 4.98 Å². The lowest BCUT2D eigenvalue weighted by molar-refractivity contribution is 0.239. The van der Waals surface area contributed by atoms with E-state index >= 15 is 0 Å². The Bertz CT molecular complexity index is 919. The van der Waals surface area contributed by atoms with Crippen LogP contribution < -0.4 is 5.56 Å². The summed E-state index contributed by atoms with van der Waals surface area (Å²) in [5.41, 5.74) is 1.76. The monoisotopic (exact) mass is 321 g/mol. The quantitative estimate of drug-likeness (QED) is 0.801. The van der Waals surface area contributed by atoms with Crippen molar-refractivity contribution in [2.75, 3.05) is 6.54 Å². The molecule has 2 aromatic heterocycles. The molecule has 0 aliphatic carbocycles. The standard InChI is InChI=1S/C18H19N5O/c1-12-19-9-13(10-20-12)11-23-8-4-7-16(23)17-21-15-6-3-2-5-14(15)18(24)22-17/h2-3,5-6,9-10,16H,4,7-8,11H2,1H3,(H,21,22,24). The molecule has 3 heterocycles. The van der Waals surface area contributed by atoms with Gasteiger partial charge >= 0.3 is 0 Å². The second-order valence-corrected chi connectivity index (χ2v) is 6.24. The number of nitrogens with zero attached hydrogens (tertiary/aromatic N) is 4. The predicted octanol–water partition coefficient (Wildman–Crippen LogP) is 2.36. The summed E-state index contributed by atoms with van der Waals surface area (Å²) in [4.78, 5) is 30.9. The van der Waals surface area contributed by atoms with Crippen LogP contribution in [0, 0.1) is 6.92 Å². The van der Waals surface area contributed by atoms with E-state index in [1.165, 1.54) is 0 Å². The Morgan fingerprint density at radius 1 is 1.25 bits per heavy atom. The summed E-state index contributed by atoms with van der Waals surface area (Å²) in [5, 5.41) is 0.637. The van der Waals surface area contributed by atoms with Crippen molar-refractivity contribution in [1.82, 2.24) is 24.8 Å². The summed E-state index contributed by atoms with van der Waals surface area (Å²) < 4.78 is 0. The normalized spacial score (nSPS) is 18.3. The largest absolute Gasteiger partial charge is 0.309 e. The lowest BCUT2D eigenvalue weighted by Gasteiger charge is -2.23. The van der Waals surface area contributed by atoms with Crippen molar-refractivity contribution in [2.24, 2.45) is 0 Å². The summed E-state index contributed by atoms with van der Waals surface area (Å²) in [6.07, 6.45) is 5.82. The van der Waals surface area contributed by atoms with Gasteiger partial charge in [-0.15, -0.1) is 0 Å². The number of rotatable bonds is 3. The Balaban J connectivity index is 1.65. The van der Waals surface area contributed by atoms with Crippen LogP contribution in [-0.2, 0) is 6.54 Å². The van der Waals surface area contributed by atoms with Gasteiger partial charge in [0, 0.05) is 24.5 Å². The molecule has 1 saturated heterocycles. The molecule has 24 heavy (non-hydrogen) atoms. The Hall–Kier alpha value is -2.60. The van der Waals surface area contributed by atoms with Crippen LogP contribution in [0.5, 0.6) is 0 Å². The van der Waals surface area contributed by atoms with Gasteiger partial charge in [0.15, 0.2) is 0 Å². The first kappa shape index (κ1) is 15.0. The fourth-order valence-electron chi connectivity index (χ4n) is 3.32. The minimum absolute atomic E-state index is 0.0684. The van der Waals surface area contributed by atoms with Gasteiger partial charge in [0.25, 0.3) is 5.56 Å². The minimum Gasteiger partial charge on any atom is -0.309 e. The molecule has 1 atom stereocenters. The first-order chi connectivity index (χ1) is 11.7. The molecule has 6 heteroatoms. The maximum atomic E-state index is 12.3. The molecule has 1 unspecified atom stereocenters. The number of aromatic amines is 1. The molecule has 0 amide bonds. The van der Waals surface area contributed by atoms with Crippen LogP contribution in [0.3, 0.4) is 0 Å². The highest BCUT2D eigenvalue weighted by Gasteiger charge is 2.28. The number of likely N-dealkylation sites (tertiary alicyclic amines) is 1. The lowest BCUT2D eigenvalue weighted by Crippen LogP contribution is -2.26. The van der Waals surface area contributed by atoms with E-state index in [1.54, 1.807) is 6.07 Å². The van der Waals surface area contributed by atoms with E-state index in [9.17, 15) is 4.79 Å². The van der Waals surface area contributed by atoms with Crippen molar-refractivity contribution < 1.29 is 0 Å². The van der Waals surface area contributed by atoms with Crippen LogP contribution in [0.1, 0.15) is 36.1 Å². The van der Waals surface area contributed by atoms with Gasteiger partial charge < -0.3 is 4.98 Å². The third-order valence-electron chi connectivity index (χ3n) is 4.53. The Morgan fingerprint density at radius 2 is 2.04 bits per heavy atom. The summed E-state index contributed by atoms with van der Waals surface area (Å²) >= 11 is 0. The number of aryl methyl sites for hydroxylation is 1. The van der Waals surface area contributed by atoms with Crippen LogP contribution in [0.15, 0.2) is 41.5 Å². The zero-order chi connectivity index (χ0) is 16.5. The van der Waals surface area contributed by atoms with Gasteiger partial charge in [0.1, 0.15) is 11.6 Å². The van der Waals surface area contributed by atoms with Gasteiger partial charge in [-0.25, -0.2) is 15.0 Å². The van der Waals surface area contributed by atoms with Crippen molar-refractivity contribution in [1.29, 1.82) is 0 Å². The number of nitrogens with one attached hydrogen (secondary N) is 1. The van der Waals surface area contributed by atoms with E-state index < -0.39 is 0 Å². The van der Waals surface area contributed by atoms with E-state index in [0.717, 1.165) is 48.7 Å². The highest BCUT2D eigenvalue weighted by molar-refractivity contribution is 5.77. The molecule has 1 aliphatic heterocycles. The summed E-state index contributed by atoms with van der Waals surface area (Å²) in [6, 6.07) is 7.60. The smallest absolute Gasteiger partial charge is 0.258 e. The molecular weight excluding hydrogens is 302 g/mol. The van der Waals surface area contributed by atoms with Crippen molar-refractivity contribution in [2.45, 2.75) is 32.4 Å². The number of hydrogen-bond acceptors (Lipinski definition) is 5. The zero-order valence-corrected chi connectivity index (χ0v) is 13.6. The summed E-state index contributed by atoms with van der Waals surface area (Å²) in [5.74, 6) is 1.53. The second-order valence-electron chi connectivity index (χ2n) is 6.24. The van der Waals surface area contributed by atoms with Crippen molar-refractivity contribution >= 4 is 10.9 Å². The topological polar surface area (TPSA) is 74.8 Å². The van der Waals surface area contributed by atoms with Gasteiger partial charge in [0.05, 0.1) is 16.9 Å². The Morgan fingerprint density at radius 3 is 2.88 bits per heavy atom. The number of para-hydroxylation sites is 1. The SMILES string of the molecule is Cc1ncc(CN2CCCC2c2nc3ccccc3c(=O)[nH]2)cn1. The van der Waals surface area contributed by atoms with Crippen molar-refractivity contribution in [3.8, 4) is 0 Å². The molecule has 1 N–H and O–H groups in total. The number of benzene rings is 1. The molecule has 0 radical (unpaired) electrons. The molecule has 1 aliphatic rings. The van der Waals surface area contributed by atoms with Crippen LogP contribution >= 0.6 is 0 Å². The Kier molecular flexibility index (Phi) is 3.82. The molecule has 122 valence electrons. The maximum Gasteiger partial charge on any atom is 0.258 e. The fourth-order valence-corrected chi connectivity index (χ4v) is 3.32. The maximum absolute atomic E-state index is 12.3. The molecule has 0 saturated carbocycles. The molecule has 0 bridgehead atoms. The Labute approximate surface area is 139 Å². The fraction of sp³-hybridized carbons (Fsp3) is 0.333. The van der Waals surface area contributed by atoms with Gasteiger partial charge in [-0.2, -0.15) is 0 Å². The van der Waals surface area contributed by atoms with E-state index in [0.29, 0.717) is 5.39 Å². The van der Waals surface area contributed by atoms with Crippen LogP contribution in [-0.4, -0.2) is 31.4 Å². The van der Waals surface area contributed by atoms with Crippen LogP contribution in [0.2, 0.25) is 0 Å². The molecule has 1 aromatic carbocycles. The van der Waals surface area contributed by atoms with E-state index in [1.807, 2.05) is 37.5 Å². The van der Waals surface area contributed by atoms with Crippen molar-refractivity contribution in [3.63, 3.8) is 0 Å². The average molecular weight is 321 g/mol. The third-order valence-corrected chi connectivity index (χ3v) is 4.53. The summed E-state index contributed by atoms with van der Waals surface area (Å²) in [6.45, 7) is 3.63. The average Bonchev–Trinajstić information content (AvgIpc) is 3.05. The molecule has 6 nitrogen and oxygen atoms in total. The van der Waals surface area contributed by atoms with E-state index in [-0.39, 0.29) is 11.6 Å². The molecule has 4 rings (SSSR count). The number of fused-ring (bicyclic) bond motifs is 1. The van der Waals surface area contributed by atoms with Gasteiger partial charge in [-0.05, 0) is 38.4 Å². The second kappa shape index (κ2) is 6.13.